The molecular weight excluding hydrogens is 407 g/mol. The third-order valence-corrected chi connectivity index (χ3v) is 6.98. The lowest BCUT2D eigenvalue weighted by atomic mass is 10.2. The fourth-order valence-electron chi connectivity index (χ4n) is 3.35. The lowest BCUT2D eigenvalue weighted by Gasteiger charge is -2.11. The normalized spacial score (nSPS) is 14.3. The monoisotopic (exact) mass is 428 g/mol. The highest BCUT2D eigenvalue weighted by Gasteiger charge is 2.17. The van der Waals surface area contributed by atoms with Crippen LogP contribution in [0.2, 0.25) is 0 Å². The number of aromatic nitrogens is 3. The van der Waals surface area contributed by atoms with Gasteiger partial charge in [0.05, 0.1) is 16.3 Å². The van der Waals surface area contributed by atoms with Gasteiger partial charge in [-0.3, -0.25) is 4.79 Å². The van der Waals surface area contributed by atoms with Crippen LogP contribution >= 0.6 is 23.1 Å². The van der Waals surface area contributed by atoms with Gasteiger partial charge in [-0.1, -0.05) is 24.6 Å². The molecule has 0 atom stereocenters. The van der Waals surface area contributed by atoms with Gasteiger partial charge in [0.15, 0.2) is 0 Å². The molecule has 8 heteroatoms. The number of halogens is 1. The Morgan fingerprint density at radius 1 is 1.17 bits per heavy atom. The van der Waals surface area contributed by atoms with Gasteiger partial charge in [0.1, 0.15) is 21.5 Å². The zero-order valence-corrected chi connectivity index (χ0v) is 17.7. The van der Waals surface area contributed by atoms with Crippen molar-refractivity contribution >= 4 is 29.0 Å². The minimum Gasteiger partial charge on any atom is -0.353 e. The van der Waals surface area contributed by atoms with Crippen LogP contribution < -0.4 is 5.32 Å². The molecule has 5 nitrogen and oxygen atoms in total. The van der Waals surface area contributed by atoms with Crippen molar-refractivity contribution in [3.63, 3.8) is 0 Å². The van der Waals surface area contributed by atoms with E-state index in [1.807, 2.05) is 19.1 Å². The number of carbonyl (C=O) groups excluding carboxylic acids is 1. The number of hydrogen-bond acceptors (Lipinski definition) is 6. The Kier molecular flexibility index (Phi) is 6.20. The molecule has 29 heavy (non-hydrogen) atoms. The summed E-state index contributed by atoms with van der Waals surface area (Å²) in [5.41, 5.74) is 2.48. The fraction of sp³-hybridized carbons (Fsp3) is 0.333. The molecule has 0 radical (unpaired) electrons. The Balaban J connectivity index is 1.40. The zero-order chi connectivity index (χ0) is 20.2. The van der Waals surface area contributed by atoms with Crippen molar-refractivity contribution < 1.29 is 9.18 Å². The summed E-state index contributed by atoms with van der Waals surface area (Å²) >= 11 is 2.90. The first kappa shape index (κ1) is 20.0. The number of nitrogens with one attached hydrogen (secondary N) is 1. The molecule has 1 fully saturated rings. The van der Waals surface area contributed by atoms with E-state index in [0.29, 0.717) is 11.8 Å². The minimum atomic E-state index is -0.266. The Hall–Kier alpha value is -2.32. The van der Waals surface area contributed by atoms with E-state index in [0.717, 1.165) is 44.7 Å². The topological polar surface area (TPSA) is 67.8 Å². The van der Waals surface area contributed by atoms with Gasteiger partial charge in [0, 0.05) is 11.6 Å². The van der Waals surface area contributed by atoms with Gasteiger partial charge in [0.2, 0.25) is 5.91 Å². The molecule has 0 aliphatic heterocycles. The third-order valence-electron chi connectivity index (χ3n) is 4.83. The highest BCUT2D eigenvalue weighted by atomic mass is 32.2. The molecule has 1 aliphatic rings. The fourth-order valence-corrected chi connectivity index (χ4v) is 5.01. The highest BCUT2D eigenvalue weighted by molar-refractivity contribution is 7.99. The van der Waals surface area contributed by atoms with E-state index in [1.54, 1.807) is 12.1 Å². The maximum Gasteiger partial charge on any atom is 0.230 e. The Morgan fingerprint density at radius 3 is 2.62 bits per heavy atom. The molecule has 0 bridgehead atoms. The number of carbonyl (C=O) groups is 1. The second-order valence-electron chi connectivity index (χ2n) is 7.03. The maximum atomic E-state index is 13.1. The van der Waals surface area contributed by atoms with Gasteiger partial charge in [-0.2, -0.15) is 0 Å². The van der Waals surface area contributed by atoms with Crippen molar-refractivity contribution in [1.29, 1.82) is 0 Å². The molecular formula is C21H21FN4OS2. The van der Waals surface area contributed by atoms with Crippen molar-refractivity contribution in [2.45, 2.75) is 43.7 Å². The predicted octanol–water partition coefficient (Wildman–Crippen LogP) is 4.87. The van der Waals surface area contributed by atoms with Crippen molar-refractivity contribution in [2.24, 2.45) is 0 Å². The first-order valence-electron chi connectivity index (χ1n) is 9.58. The molecule has 1 aromatic carbocycles. The average Bonchev–Trinajstić information content (AvgIpc) is 3.37. The molecule has 1 saturated carbocycles. The predicted molar refractivity (Wildman–Crippen MR) is 114 cm³/mol. The Labute approximate surface area is 177 Å². The van der Waals surface area contributed by atoms with Crippen LogP contribution in [0.15, 0.2) is 41.4 Å². The molecule has 0 saturated heterocycles. The van der Waals surface area contributed by atoms with Crippen LogP contribution in [0.25, 0.3) is 21.1 Å². The van der Waals surface area contributed by atoms with Crippen molar-refractivity contribution in [1.82, 2.24) is 20.5 Å². The summed E-state index contributed by atoms with van der Waals surface area (Å²) in [6.45, 7) is 1.93. The van der Waals surface area contributed by atoms with Crippen LogP contribution in [-0.2, 0) is 4.79 Å². The number of thioether (sulfide) groups is 1. The van der Waals surface area contributed by atoms with E-state index in [4.69, 9.17) is 0 Å². The van der Waals surface area contributed by atoms with Crippen molar-refractivity contribution in [3.8, 4) is 21.1 Å². The van der Waals surface area contributed by atoms with Crippen molar-refractivity contribution in [2.75, 3.05) is 5.75 Å². The van der Waals surface area contributed by atoms with E-state index in [1.165, 1.54) is 48.1 Å². The number of rotatable bonds is 6. The second-order valence-corrected chi connectivity index (χ2v) is 9.03. The molecule has 1 amide bonds. The molecule has 1 N–H and O–H groups in total. The van der Waals surface area contributed by atoms with Crippen LogP contribution in [0, 0.1) is 12.7 Å². The quantitative estimate of drug-likeness (QED) is 0.568. The van der Waals surface area contributed by atoms with E-state index in [9.17, 15) is 9.18 Å². The van der Waals surface area contributed by atoms with Gasteiger partial charge in [-0.15, -0.1) is 21.5 Å². The lowest BCUT2D eigenvalue weighted by molar-refractivity contribution is -0.119. The standard InChI is InChI=1S/C21H21FN4OS2/c1-13-20(29-21(23-13)14-6-8-15(22)9-7-14)17-10-11-19(26-25-17)28-12-18(27)24-16-4-2-3-5-16/h6-11,16H,2-5,12H2,1H3,(H,24,27). The van der Waals surface area contributed by atoms with Crippen molar-refractivity contribution in [3.05, 3.63) is 47.9 Å². The first-order valence-corrected chi connectivity index (χ1v) is 11.4. The van der Waals surface area contributed by atoms with Gasteiger partial charge >= 0.3 is 0 Å². The van der Waals surface area contributed by atoms with E-state index in [2.05, 4.69) is 20.5 Å². The van der Waals surface area contributed by atoms with Gasteiger partial charge < -0.3 is 5.32 Å². The summed E-state index contributed by atoms with van der Waals surface area (Å²) in [6.07, 6.45) is 4.56. The minimum absolute atomic E-state index is 0.0509. The molecule has 3 aromatic rings. The molecule has 4 rings (SSSR count). The third kappa shape index (κ3) is 5.00. The molecule has 1 aliphatic carbocycles. The smallest absolute Gasteiger partial charge is 0.230 e. The van der Waals surface area contributed by atoms with Gasteiger partial charge in [-0.05, 0) is 56.2 Å². The number of amides is 1. The maximum absolute atomic E-state index is 13.1. The van der Waals surface area contributed by atoms with Crippen LogP contribution in [0.3, 0.4) is 0 Å². The summed E-state index contributed by atoms with van der Waals surface area (Å²) in [5.74, 6) is 0.131. The van der Waals surface area contributed by atoms with Crippen LogP contribution in [-0.4, -0.2) is 32.9 Å². The van der Waals surface area contributed by atoms with Crippen LogP contribution in [0.1, 0.15) is 31.4 Å². The van der Waals surface area contributed by atoms with Gasteiger partial charge in [-0.25, -0.2) is 9.37 Å². The summed E-state index contributed by atoms with van der Waals surface area (Å²) in [6, 6.07) is 10.4. The molecule has 150 valence electrons. The zero-order valence-electron chi connectivity index (χ0n) is 16.0. The number of hydrogen-bond donors (Lipinski definition) is 1. The number of nitrogens with zero attached hydrogens (tertiary/aromatic N) is 3. The summed E-state index contributed by atoms with van der Waals surface area (Å²) in [5, 5.41) is 13.2. The lowest BCUT2D eigenvalue weighted by Crippen LogP contribution is -2.33. The van der Waals surface area contributed by atoms with Crippen LogP contribution in [0.4, 0.5) is 4.39 Å². The highest BCUT2D eigenvalue weighted by Crippen LogP contribution is 2.34. The number of aryl methyl sites for hydroxylation is 1. The van der Waals surface area contributed by atoms with E-state index >= 15 is 0 Å². The van der Waals surface area contributed by atoms with E-state index in [-0.39, 0.29) is 11.7 Å². The summed E-state index contributed by atoms with van der Waals surface area (Å²) < 4.78 is 13.1. The number of thiazole rings is 1. The Bertz CT molecular complexity index is 983. The SMILES string of the molecule is Cc1nc(-c2ccc(F)cc2)sc1-c1ccc(SCC(=O)NC2CCCC2)nn1. The largest absolute Gasteiger partial charge is 0.353 e. The molecule has 2 aromatic heterocycles. The summed E-state index contributed by atoms with van der Waals surface area (Å²) in [7, 11) is 0. The average molecular weight is 429 g/mol. The molecule has 0 unspecified atom stereocenters. The second kappa shape index (κ2) is 9.00. The number of benzene rings is 1. The van der Waals surface area contributed by atoms with Crippen LogP contribution in [0.5, 0.6) is 0 Å². The molecule has 2 heterocycles. The van der Waals surface area contributed by atoms with Gasteiger partial charge in [0.25, 0.3) is 0 Å². The summed E-state index contributed by atoms with van der Waals surface area (Å²) in [4.78, 5) is 17.6. The Morgan fingerprint density at radius 2 is 1.93 bits per heavy atom. The van der Waals surface area contributed by atoms with E-state index < -0.39 is 0 Å². The first-order chi connectivity index (χ1) is 14.1. The molecule has 0 spiro atoms.